The van der Waals surface area contributed by atoms with Gasteiger partial charge in [-0.2, -0.15) is 0 Å². The zero-order valence-corrected chi connectivity index (χ0v) is 19.4. The van der Waals surface area contributed by atoms with Crippen LogP contribution in [0.2, 0.25) is 0 Å². The van der Waals surface area contributed by atoms with Crippen molar-refractivity contribution in [2.75, 3.05) is 0 Å². The van der Waals surface area contributed by atoms with Crippen molar-refractivity contribution < 1.29 is 19.1 Å². The van der Waals surface area contributed by atoms with Gasteiger partial charge in [-0.25, -0.2) is 0 Å². The molecule has 0 aliphatic carbocycles. The summed E-state index contributed by atoms with van der Waals surface area (Å²) in [4.78, 5) is 24.9. The molecule has 0 amide bonds. The smallest absolute Gasteiger partial charge is 0.314 e. The normalized spacial score (nSPS) is 11.8. The van der Waals surface area contributed by atoms with E-state index in [1.165, 1.54) is 32.1 Å². The summed E-state index contributed by atoms with van der Waals surface area (Å²) < 4.78 is 11.2. The van der Waals surface area contributed by atoms with Gasteiger partial charge in [-0.3, -0.25) is 9.59 Å². The maximum Gasteiger partial charge on any atom is 0.314 e. The third-order valence-corrected chi connectivity index (χ3v) is 5.39. The zero-order chi connectivity index (χ0) is 22.0. The van der Waals surface area contributed by atoms with Gasteiger partial charge in [-0.1, -0.05) is 97.1 Å². The van der Waals surface area contributed by atoms with Gasteiger partial charge in [0.05, 0.1) is 5.92 Å². The molecule has 1 aromatic carbocycles. The Kier molecular flexibility index (Phi) is 14.8. The fourth-order valence-electron chi connectivity index (χ4n) is 3.58. The van der Waals surface area contributed by atoms with Gasteiger partial charge >= 0.3 is 11.9 Å². The van der Waals surface area contributed by atoms with Crippen LogP contribution in [0.4, 0.5) is 0 Å². The molecule has 0 aromatic heterocycles. The van der Waals surface area contributed by atoms with Crippen LogP contribution in [0, 0.1) is 5.92 Å². The van der Waals surface area contributed by atoms with Gasteiger partial charge < -0.3 is 9.47 Å². The summed E-state index contributed by atoms with van der Waals surface area (Å²) >= 11 is 0. The molecule has 1 rings (SSSR count). The lowest BCUT2D eigenvalue weighted by Crippen LogP contribution is -2.21. The predicted octanol–water partition coefficient (Wildman–Crippen LogP) is 7.63. The molecule has 0 fully saturated rings. The molecule has 0 spiro atoms. The molecule has 0 aliphatic rings. The highest BCUT2D eigenvalue weighted by molar-refractivity contribution is 5.77. The second-order valence-electron chi connectivity index (χ2n) is 8.19. The van der Waals surface area contributed by atoms with Crippen LogP contribution in [-0.2, 0) is 9.59 Å². The number of carbonyl (C=O) groups is 2. The molecule has 0 aliphatic heterocycles. The number of esters is 2. The molecule has 1 atom stereocenters. The van der Waals surface area contributed by atoms with Crippen molar-refractivity contribution >= 4 is 11.9 Å². The van der Waals surface area contributed by atoms with E-state index < -0.39 is 0 Å². The molecule has 1 unspecified atom stereocenters. The average molecular weight is 419 g/mol. The maximum absolute atomic E-state index is 12.7. The minimum Gasteiger partial charge on any atom is -0.423 e. The van der Waals surface area contributed by atoms with Crippen molar-refractivity contribution in [1.29, 1.82) is 0 Å². The number of ether oxygens (including phenoxy) is 2. The quantitative estimate of drug-likeness (QED) is 0.148. The van der Waals surface area contributed by atoms with E-state index in [0.717, 1.165) is 51.4 Å². The van der Waals surface area contributed by atoms with Gasteiger partial charge in [0.2, 0.25) is 0 Å². The first kappa shape index (κ1) is 26.2. The van der Waals surface area contributed by atoms with Crippen LogP contribution in [0.1, 0.15) is 111 Å². The highest BCUT2D eigenvalue weighted by Gasteiger charge is 2.21. The Labute approximate surface area is 183 Å². The maximum atomic E-state index is 12.7. The molecule has 30 heavy (non-hydrogen) atoms. The van der Waals surface area contributed by atoms with E-state index in [9.17, 15) is 9.59 Å². The van der Waals surface area contributed by atoms with Crippen LogP contribution in [-0.4, -0.2) is 11.9 Å². The fraction of sp³-hybridized carbons (Fsp3) is 0.692. The number of para-hydroxylation sites is 2. The van der Waals surface area contributed by atoms with Crippen LogP contribution in [0.25, 0.3) is 0 Å². The lowest BCUT2D eigenvalue weighted by Gasteiger charge is -2.16. The Balaban J connectivity index is 2.51. The van der Waals surface area contributed by atoms with Crippen molar-refractivity contribution in [1.82, 2.24) is 0 Å². The Morgan fingerprint density at radius 3 is 1.90 bits per heavy atom. The first-order valence-corrected chi connectivity index (χ1v) is 12.1. The molecule has 170 valence electrons. The summed E-state index contributed by atoms with van der Waals surface area (Å²) in [5.74, 6) is 0.0938. The van der Waals surface area contributed by atoms with Gasteiger partial charge in [-0.05, 0) is 31.4 Å². The van der Waals surface area contributed by atoms with Crippen molar-refractivity contribution in [3.8, 4) is 11.5 Å². The summed E-state index contributed by atoms with van der Waals surface area (Å²) in [6, 6.07) is 6.97. The Hall–Kier alpha value is -1.84. The largest absolute Gasteiger partial charge is 0.423 e. The fourth-order valence-corrected chi connectivity index (χ4v) is 3.58. The summed E-state index contributed by atoms with van der Waals surface area (Å²) in [5.41, 5.74) is 0. The van der Waals surface area contributed by atoms with Crippen molar-refractivity contribution in [3.05, 3.63) is 24.3 Å². The van der Waals surface area contributed by atoms with Gasteiger partial charge in [0.25, 0.3) is 0 Å². The Bertz CT molecular complexity index is 596. The summed E-state index contributed by atoms with van der Waals surface area (Å²) in [6.45, 7) is 6.45. The number of hydrogen-bond donors (Lipinski definition) is 0. The van der Waals surface area contributed by atoms with Gasteiger partial charge in [0, 0.05) is 6.42 Å². The molecule has 0 radical (unpaired) electrons. The van der Waals surface area contributed by atoms with Gasteiger partial charge in [-0.15, -0.1) is 0 Å². The van der Waals surface area contributed by atoms with E-state index >= 15 is 0 Å². The van der Waals surface area contributed by atoms with E-state index in [4.69, 9.17) is 9.47 Å². The lowest BCUT2D eigenvalue weighted by molar-refractivity contribution is -0.140. The minimum atomic E-state index is -0.264. The molecule has 4 nitrogen and oxygen atoms in total. The van der Waals surface area contributed by atoms with Crippen LogP contribution in [0.15, 0.2) is 24.3 Å². The topological polar surface area (TPSA) is 52.6 Å². The standard InChI is InChI=1S/C26H42O4/c1-4-7-9-10-11-12-14-21-25(27)29-23-19-15-16-20-24(23)30-26(28)22(17-6-3)18-13-8-5-2/h15-16,19-20,22H,4-14,17-18,21H2,1-3H3. The Morgan fingerprint density at radius 1 is 0.700 bits per heavy atom. The molecular weight excluding hydrogens is 376 g/mol. The summed E-state index contributed by atoms with van der Waals surface area (Å²) in [7, 11) is 0. The van der Waals surface area contributed by atoms with E-state index in [1.807, 2.05) is 0 Å². The highest BCUT2D eigenvalue weighted by Crippen LogP contribution is 2.29. The predicted molar refractivity (Wildman–Crippen MR) is 123 cm³/mol. The molecular formula is C26H42O4. The summed E-state index contributed by atoms with van der Waals surface area (Å²) in [5, 5.41) is 0. The van der Waals surface area contributed by atoms with Crippen molar-refractivity contribution in [2.45, 2.75) is 111 Å². The molecule has 0 saturated carbocycles. The molecule has 0 bridgehead atoms. The monoisotopic (exact) mass is 418 g/mol. The number of unbranched alkanes of at least 4 members (excludes halogenated alkanes) is 8. The third kappa shape index (κ3) is 11.4. The zero-order valence-electron chi connectivity index (χ0n) is 19.4. The van der Waals surface area contributed by atoms with Gasteiger partial charge in [0.15, 0.2) is 11.5 Å². The highest BCUT2D eigenvalue weighted by atomic mass is 16.6. The van der Waals surface area contributed by atoms with Crippen LogP contribution < -0.4 is 9.47 Å². The van der Waals surface area contributed by atoms with Crippen molar-refractivity contribution in [2.24, 2.45) is 5.92 Å². The molecule has 0 saturated heterocycles. The van der Waals surface area contributed by atoms with Crippen LogP contribution in [0.5, 0.6) is 11.5 Å². The SMILES string of the molecule is CCCCCCCCCC(=O)Oc1ccccc1OC(=O)C(CCC)CCCCC. The second-order valence-corrected chi connectivity index (χ2v) is 8.19. The number of rotatable bonds is 17. The van der Waals surface area contributed by atoms with E-state index in [1.54, 1.807) is 24.3 Å². The molecule has 1 aromatic rings. The molecule has 4 heteroatoms. The second kappa shape index (κ2) is 16.9. The first-order chi connectivity index (χ1) is 14.6. The van der Waals surface area contributed by atoms with E-state index in [2.05, 4.69) is 20.8 Å². The molecule has 0 heterocycles. The molecule has 0 N–H and O–H groups in total. The third-order valence-electron chi connectivity index (χ3n) is 5.39. The van der Waals surface area contributed by atoms with Crippen LogP contribution in [0.3, 0.4) is 0 Å². The van der Waals surface area contributed by atoms with E-state index in [0.29, 0.717) is 17.9 Å². The van der Waals surface area contributed by atoms with Gasteiger partial charge in [0.1, 0.15) is 0 Å². The Morgan fingerprint density at radius 2 is 1.27 bits per heavy atom. The van der Waals surface area contributed by atoms with E-state index in [-0.39, 0.29) is 17.9 Å². The first-order valence-electron chi connectivity index (χ1n) is 12.1. The average Bonchev–Trinajstić information content (AvgIpc) is 2.74. The summed E-state index contributed by atoms with van der Waals surface area (Å²) in [6.07, 6.45) is 14.4. The lowest BCUT2D eigenvalue weighted by atomic mass is 9.97. The number of carbonyl (C=O) groups excluding carboxylic acids is 2. The van der Waals surface area contributed by atoms with Crippen molar-refractivity contribution in [3.63, 3.8) is 0 Å². The number of hydrogen-bond acceptors (Lipinski definition) is 4. The number of benzene rings is 1. The van der Waals surface area contributed by atoms with Crippen LogP contribution >= 0.6 is 0 Å². The minimum absolute atomic E-state index is 0.0991.